The number of carbonyl (C=O) groups is 1. The van der Waals surface area contributed by atoms with Crippen molar-refractivity contribution in [2.75, 3.05) is 19.9 Å². The monoisotopic (exact) mass is 327 g/mol. The van der Waals surface area contributed by atoms with E-state index in [4.69, 9.17) is 9.47 Å². The SMILES string of the molecule is O=CCN1CC(c2ccc3c(c2)OCO3)CC1CCn1cccn1. The molecule has 0 radical (unpaired) electrons. The summed E-state index contributed by atoms with van der Waals surface area (Å²) in [6.45, 7) is 2.57. The molecule has 2 aromatic rings. The number of hydrogen-bond acceptors (Lipinski definition) is 5. The lowest BCUT2D eigenvalue weighted by molar-refractivity contribution is -0.109. The molecule has 2 atom stereocenters. The molecule has 6 heteroatoms. The van der Waals surface area contributed by atoms with Crippen LogP contribution in [-0.2, 0) is 11.3 Å². The summed E-state index contributed by atoms with van der Waals surface area (Å²) < 4.78 is 12.8. The number of aryl methyl sites for hydroxylation is 1. The largest absolute Gasteiger partial charge is 0.454 e. The van der Waals surface area contributed by atoms with E-state index < -0.39 is 0 Å². The Hall–Kier alpha value is -2.34. The Kier molecular flexibility index (Phi) is 4.21. The highest BCUT2D eigenvalue weighted by Crippen LogP contribution is 2.39. The number of carbonyl (C=O) groups excluding carboxylic acids is 1. The molecule has 24 heavy (non-hydrogen) atoms. The average molecular weight is 327 g/mol. The minimum Gasteiger partial charge on any atom is -0.454 e. The van der Waals surface area contributed by atoms with Gasteiger partial charge in [-0.15, -0.1) is 0 Å². The van der Waals surface area contributed by atoms with Crippen LogP contribution >= 0.6 is 0 Å². The first kappa shape index (κ1) is 15.2. The highest BCUT2D eigenvalue weighted by molar-refractivity contribution is 5.52. The van der Waals surface area contributed by atoms with Gasteiger partial charge in [0, 0.05) is 31.5 Å². The van der Waals surface area contributed by atoms with Gasteiger partial charge in [-0.1, -0.05) is 6.07 Å². The molecule has 1 aromatic heterocycles. The first-order chi connectivity index (χ1) is 11.8. The molecular weight excluding hydrogens is 306 g/mol. The zero-order valence-corrected chi connectivity index (χ0v) is 13.5. The van der Waals surface area contributed by atoms with Crippen molar-refractivity contribution in [1.29, 1.82) is 0 Å². The van der Waals surface area contributed by atoms with Crippen molar-refractivity contribution < 1.29 is 14.3 Å². The smallest absolute Gasteiger partial charge is 0.231 e. The lowest BCUT2D eigenvalue weighted by Crippen LogP contribution is -2.32. The van der Waals surface area contributed by atoms with Crippen molar-refractivity contribution in [3.05, 3.63) is 42.2 Å². The second-order valence-electron chi connectivity index (χ2n) is 6.38. The van der Waals surface area contributed by atoms with E-state index in [1.54, 1.807) is 6.20 Å². The van der Waals surface area contributed by atoms with Crippen molar-refractivity contribution >= 4 is 6.29 Å². The maximum Gasteiger partial charge on any atom is 0.231 e. The van der Waals surface area contributed by atoms with E-state index in [-0.39, 0.29) is 0 Å². The number of likely N-dealkylation sites (tertiary alicyclic amines) is 1. The van der Waals surface area contributed by atoms with Crippen LogP contribution in [0.15, 0.2) is 36.7 Å². The van der Waals surface area contributed by atoms with Crippen molar-refractivity contribution in [2.45, 2.75) is 31.3 Å². The molecule has 0 saturated carbocycles. The van der Waals surface area contributed by atoms with Crippen LogP contribution < -0.4 is 9.47 Å². The average Bonchev–Trinajstić information content (AvgIpc) is 3.33. The zero-order chi connectivity index (χ0) is 16.4. The fraction of sp³-hybridized carbons (Fsp3) is 0.444. The van der Waals surface area contributed by atoms with Crippen LogP contribution in [0.3, 0.4) is 0 Å². The van der Waals surface area contributed by atoms with Crippen LogP contribution in [0.2, 0.25) is 0 Å². The molecule has 2 aliphatic heterocycles. The summed E-state index contributed by atoms with van der Waals surface area (Å²) in [7, 11) is 0. The maximum atomic E-state index is 11.0. The second-order valence-corrected chi connectivity index (χ2v) is 6.38. The van der Waals surface area contributed by atoms with Gasteiger partial charge in [-0.2, -0.15) is 5.10 Å². The summed E-state index contributed by atoms with van der Waals surface area (Å²) in [4.78, 5) is 13.3. The summed E-state index contributed by atoms with van der Waals surface area (Å²) in [5.41, 5.74) is 1.26. The predicted molar refractivity (Wildman–Crippen MR) is 88.2 cm³/mol. The Labute approximate surface area is 141 Å². The van der Waals surface area contributed by atoms with Gasteiger partial charge in [-0.3, -0.25) is 9.58 Å². The number of rotatable bonds is 6. The Morgan fingerprint density at radius 1 is 1.29 bits per heavy atom. The van der Waals surface area contributed by atoms with Crippen molar-refractivity contribution in [3.8, 4) is 11.5 Å². The number of benzene rings is 1. The van der Waals surface area contributed by atoms with E-state index in [1.165, 1.54) is 5.56 Å². The highest BCUT2D eigenvalue weighted by atomic mass is 16.7. The molecule has 2 unspecified atom stereocenters. The Morgan fingerprint density at radius 2 is 2.21 bits per heavy atom. The summed E-state index contributed by atoms with van der Waals surface area (Å²) >= 11 is 0. The van der Waals surface area contributed by atoms with Gasteiger partial charge in [0.25, 0.3) is 0 Å². The van der Waals surface area contributed by atoms with Gasteiger partial charge in [0.1, 0.15) is 6.29 Å². The van der Waals surface area contributed by atoms with Gasteiger partial charge < -0.3 is 14.3 Å². The molecule has 0 spiro atoms. The molecule has 126 valence electrons. The summed E-state index contributed by atoms with van der Waals surface area (Å²) in [6, 6.07) is 8.52. The number of aromatic nitrogens is 2. The van der Waals surface area contributed by atoms with E-state index >= 15 is 0 Å². The van der Waals surface area contributed by atoms with Gasteiger partial charge in [0.15, 0.2) is 11.5 Å². The molecule has 0 aliphatic carbocycles. The molecular formula is C18H21N3O3. The lowest BCUT2D eigenvalue weighted by atomic mass is 9.95. The van der Waals surface area contributed by atoms with Crippen molar-refractivity contribution in [3.63, 3.8) is 0 Å². The van der Waals surface area contributed by atoms with Crippen molar-refractivity contribution in [2.24, 2.45) is 0 Å². The van der Waals surface area contributed by atoms with E-state index in [0.717, 1.165) is 43.7 Å². The van der Waals surface area contributed by atoms with Gasteiger partial charge in [0.05, 0.1) is 6.54 Å². The van der Waals surface area contributed by atoms with Crippen LogP contribution in [0.1, 0.15) is 24.3 Å². The van der Waals surface area contributed by atoms with Gasteiger partial charge in [-0.25, -0.2) is 0 Å². The third-order valence-corrected chi connectivity index (χ3v) is 4.96. The fourth-order valence-corrected chi connectivity index (χ4v) is 3.73. The third-order valence-electron chi connectivity index (χ3n) is 4.96. The predicted octanol–water partition coefficient (Wildman–Crippen LogP) is 2.06. The minimum absolute atomic E-state index is 0.299. The molecule has 6 nitrogen and oxygen atoms in total. The number of nitrogens with zero attached hydrogens (tertiary/aromatic N) is 3. The maximum absolute atomic E-state index is 11.0. The molecule has 1 saturated heterocycles. The summed E-state index contributed by atoms with van der Waals surface area (Å²) in [6.07, 6.45) is 6.83. The molecule has 0 N–H and O–H groups in total. The highest BCUT2D eigenvalue weighted by Gasteiger charge is 2.33. The van der Waals surface area contributed by atoms with Crippen LogP contribution in [-0.4, -0.2) is 46.9 Å². The van der Waals surface area contributed by atoms with E-state index in [1.807, 2.05) is 23.0 Å². The molecule has 0 bridgehead atoms. The number of fused-ring (bicyclic) bond motifs is 1. The molecule has 0 amide bonds. The van der Waals surface area contributed by atoms with E-state index in [0.29, 0.717) is 25.3 Å². The summed E-state index contributed by atoms with van der Waals surface area (Å²) in [5, 5.41) is 4.26. The Morgan fingerprint density at radius 3 is 3.04 bits per heavy atom. The quantitative estimate of drug-likeness (QED) is 0.760. The molecule has 1 fully saturated rings. The molecule has 4 rings (SSSR count). The topological polar surface area (TPSA) is 56.6 Å². The Balaban J connectivity index is 1.46. The van der Waals surface area contributed by atoms with Gasteiger partial charge >= 0.3 is 0 Å². The van der Waals surface area contributed by atoms with Gasteiger partial charge in [0.2, 0.25) is 6.79 Å². The molecule has 1 aromatic carbocycles. The first-order valence-electron chi connectivity index (χ1n) is 8.38. The van der Waals surface area contributed by atoms with Crippen molar-refractivity contribution in [1.82, 2.24) is 14.7 Å². The molecule has 3 heterocycles. The summed E-state index contributed by atoms with van der Waals surface area (Å²) in [5.74, 6) is 2.06. The van der Waals surface area contributed by atoms with Gasteiger partial charge in [-0.05, 0) is 42.5 Å². The van der Waals surface area contributed by atoms with E-state index in [2.05, 4.69) is 22.1 Å². The van der Waals surface area contributed by atoms with Crippen LogP contribution in [0.25, 0.3) is 0 Å². The zero-order valence-electron chi connectivity index (χ0n) is 13.5. The normalized spacial score (nSPS) is 22.8. The number of ether oxygens (including phenoxy) is 2. The standard InChI is InChI=1S/C18H21N3O3/c22-9-8-20-12-15(10-16(20)4-7-21-6-1-5-19-21)14-2-3-17-18(11-14)24-13-23-17/h1-3,5-6,9,11,15-16H,4,7-8,10,12-13H2. The second kappa shape index (κ2) is 6.65. The number of aldehydes is 1. The fourth-order valence-electron chi connectivity index (χ4n) is 3.73. The van der Waals surface area contributed by atoms with Crippen LogP contribution in [0.4, 0.5) is 0 Å². The third kappa shape index (κ3) is 3.01. The number of hydrogen-bond donors (Lipinski definition) is 0. The first-order valence-corrected chi connectivity index (χ1v) is 8.38. The van der Waals surface area contributed by atoms with E-state index in [9.17, 15) is 4.79 Å². The lowest BCUT2D eigenvalue weighted by Gasteiger charge is -2.21. The van der Waals surface area contributed by atoms with Crippen LogP contribution in [0.5, 0.6) is 11.5 Å². The minimum atomic E-state index is 0.299. The molecule has 2 aliphatic rings. The van der Waals surface area contributed by atoms with Crippen LogP contribution in [0, 0.1) is 0 Å². The Bertz CT molecular complexity index is 702.